The van der Waals surface area contributed by atoms with Gasteiger partial charge in [-0.2, -0.15) is 0 Å². The summed E-state index contributed by atoms with van der Waals surface area (Å²) in [6.45, 7) is 6.91. The highest BCUT2D eigenvalue weighted by Crippen LogP contribution is 1.97. The standard InChI is InChI=1S/C11H21N3O4/c1-5-7(9(16)17)13-10(18)12-6-8(15)14-11(2,3)4/h7H,5-6H2,1-4H3,(H,14,15)(H,16,17)(H2,12,13,18). The molecule has 0 bridgehead atoms. The van der Waals surface area contributed by atoms with Crippen molar-refractivity contribution in [1.82, 2.24) is 16.0 Å². The molecule has 7 heteroatoms. The van der Waals surface area contributed by atoms with Crippen molar-refractivity contribution in [3.63, 3.8) is 0 Å². The summed E-state index contributed by atoms with van der Waals surface area (Å²) in [6.07, 6.45) is 0.275. The fourth-order valence-electron chi connectivity index (χ4n) is 1.17. The monoisotopic (exact) mass is 259 g/mol. The van der Waals surface area contributed by atoms with Crippen molar-refractivity contribution < 1.29 is 19.5 Å². The van der Waals surface area contributed by atoms with Crippen LogP contribution in [-0.4, -0.2) is 41.1 Å². The molecule has 7 nitrogen and oxygen atoms in total. The van der Waals surface area contributed by atoms with Gasteiger partial charge in [-0.3, -0.25) is 4.79 Å². The van der Waals surface area contributed by atoms with E-state index < -0.39 is 18.0 Å². The Morgan fingerprint density at radius 1 is 1.22 bits per heavy atom. The van der Waals surface area contributed by atoms with E-state index in [9.17, 15) is 14.4 Å². The van der Waals surface area contributed by atoms with Crippen LogP contribution in [0.1, 0.15) is 34.1 Å². The Hall–Kier alpha value is -1.79. The molecule has 1 atom stereocenters. The molecule has 0 aliphatic rings. The molecule has 0 aliphatic heterocycles. The molecule has 0 spiro atoms. The van der Waals surface area contributed by atoms with Gasteiger partial charge in [-0.25, -0.2) is 9.59 Å². The average Bonchev–Trinajstić information content (AvgIpc) is 2.20. The number of aliphatic carboxylic acids is 1. The van der Waals surface area contributed by atoms with Crippen molar-refractivity contribution in [3.05, 3.63) is 0 Å². The summed E-state index contributed by atoms with van der Waals surface area (Å²) in [5.74, 6) is -1.44. The normalized spacial score (nSPS) is 12.4. The zero-order chi connectivity index (χ0) is 14.3. The maximum absolute atomic E-state index is 11.4. The molecule has 0 saturated heterocycles. The number of carbonyl (C=O) groups excluding carboxylic acids is 2. The minimum Gasteiger partial charge on any atom is -0.480 e. The van der Waals surface area contributed by atoms with Crippen LogP contribution in [0.15, 0.2) is 0 Å². The number of hydrogen-bond donors (Lipinski definition) is 4. The predicted octanol–water partition coefficient (Wildman–Crippen LogP) is 0.0635. The van der Waals surface area contributed by atoms with Crippen LogP contribution in [0.5, 0.6) is 0 Å². The lowest BCUT2D eigenvalue weighted by Crippen LogP contribution is -2.50. The highest BCUT2D eigenvalue weighted by Gasteiger charge is 2.18. The van der Waals surface area contributed by atoms with Crippen LogP contribution in [0.25, 0.3) is 0 Å². The van der Waals surface area contributed by atoms with E-state index in [-0.39, 0.29) is 24.4 Å². The van der Waals surface area contributed by atoms with Crippen LogP contribution in [0.4, 0.5) is 4.79 Å². The maximum Gasteiger partial charge on any atom is 0.326 e. The number of nitrogens with one attached hydrogen (secondary N) is 3. The van der Waals surface area contributed by atoms with Crippen LogP contribution >= 0.6 is 0 Å². The SMILES string of the molecule is CCC(NC(=O)NCC(=O)NC(C)(C)C)C(=O)O. The number of urea groups is 1. The Balaban J connectivity index is 4.04. The first kappa shape index (κ1) is 16.2. The van der Waals surface area contributed by atoms with E-state index in [0.717, 1.165) is 0 Å². The van der Waals surface area contributed by atoms with E-state index in [0.29, 0.717) is 0 Å². The summed E-state index contributed by atoms with van der Waals surface area (Å²) in [6, 6.07) is -1.62. The molecular formula is C11H21N3O4. The molecule has 0 heterocycles. The quantitative estimate of drug-likeness (QED) is 0.560. The molecule has 1 unspecified atom stereocenters. The lowest BCUT2D eigenvalue weighted by Gasteiger charge is -2.20. The molecular weight excluding hydrogens is 238 g/mol. The van der Waals surface area contributed by atoms with Gasteiger partial charge in [0.1, 0.15) is 6.04 Å². The van der Waals surface area contributed by atoms with Gasteiger partial charge in [0.25, 0.3) is 0 Å². The third-order valence-corrected chi connectivity index (χ3v) is 1.94. The molecule has 0 radical (unpaired) electrons. The summed E-state index contributed by atoms with van der Waals surface area (Å²) in [5, 5.41) is 16.0. The van der Waals surface area contributed by atoms with Crippen LogP contribution in [0.2, 0.25) is 0 Å². The molecule has 0 aromatic heterocycles. The van der Waals surface area contributed by atoms with Crippen molar-refractivity contribution in [2.45, 2.75) is 45.7 Å². The van der Waals surface area contributed by atoms with E-state index >= 15 is 0 Å². The summed E-state index contributed by atoms with van der Waals surface area (Å²) >= 11 is 0. The van der Waals surface area contributed by atoms with E-state index in [2.05, 4.69) is 16.0 Å². The summed E-state index contributed by atoms with van der Waals surface area (Å²) < 4.78 is 0. The van der Waals surface area contributed by atoms with Crippen molar-refractivity contribution in [1.29, 1.82) is 0 Å². The van der Waals surface area contributed by atoms with Crippen molar-refractivity contribution in [2.24, 2.45) is 0 Å². The fraction of sp³-hybridized carbons (Fsp3) is 0.727. The van der Waals surface area contributed by atoms with Gasteiger partial charge in [-0.15, -0.1) is 0 Å². The zero-order valence-corrected chi connectivity index (χ0v) is 11.2. The molecule has 0 fully saturated rings. The van der Waals surface area contributed by atoms with Gasteiger partial charge in [0.15, 0.2) is 0 Å². The van der Waals surface area contributed by atoms with Gasteiger partial charge in [-0.05, 0) is 27.2 Å². The Kier molecular flexibility index (Phi) is 6.15. The largest absolute Gasteiger partial charge is 0.480 e. The van der Waals surface area contributed by atoms with Gasteiger partial charge < -0.3 is 21.1 Å². The maximum atomic E-state index is 11.4. The van der Waals surface area contributed by atoms with E-state index in [1.165, 1.54) is 0 Å². The van der Waals surface area contributed by atoms with Crippen LogP contribution in [-0.2, 0) is 9.59 Å². The highest BCUT2D eigenvalue weighted by atomic mass is 16.4. The molecule has 0 aliphatic carbocycles. The first-order valence-electron chi connectivity index (χ1n) is 5.74. The van der Waals surface area contributed by atoms with Gasteiger partial charge in [0.05, 0.1) is 6.54 Å². The van der Waals surface area contributed by atoms with E-state index in [1.807, 2.05) is 20.8 Å². The van der Waals surface area contributed by atoms with E-state index in [4.69, 9.17) is 5.11 Å². The molecule has 104 valence electrons. The molecule has 0 aromatic carbocycles. The number of carbonyl (C=O) groups is 3. The van der Waals surface area contributed by atoms with Crippen molar-refractivity contribution in [2.75, 3.05) is 6.54 Å². The first-order chi connectivity index (χ1) is 8.15. The van der Waals surface area contributed by atoms with Gasteiger partial charge >= 0.3 is 12.0 Å². The Bertz CT molecular complexity index is 323. The number of carboxylic acids is 1. The number of amides is 3. The van der Waals surface area contributed by atoms with Gasteiger partial charge in [0, 0.05) is 5.54 Å². The second-order valence-corrected chi connectivity index (χ2v) is 4.92. The number of carboxylic acid groups (broad SMARTS) is 1. The third kappa shape index (κ3) is 7.48. The summed E-state index contributed by atoms with van der Waals surface area (Å²) in [5.41, 5.74) is -0.373. The first-order valence-corrected chi connectivity index (χ1v) is 5.74. The van der Waals surface area contributed by atoms with Gasteiger partial charge in [-0.1, -0.05) is 6.92 Å². The predicted molar refractivity (Wildman–Crippen MR) is 66.1 cm³/mol. The number of hydrogen-bond acceptors (Lipinski definition) is 3. The minimum absolute atomic E-state index is 0.195. The van der Waals surface area contributed by atoms with Crippen LogP contribution in [0.3, 0.4) is 0 Å². The van der Waals surface area contributed by atoms with Crippen molar-refractivity contribution in [3.8, 4) is 0 Å². The Labute approximate surface area is 106 Å². The molecule has 0 rings (SSSR count). The van der Waals surface area contributed by atoms with Crippen LogP contribution < -0.4 is 16.0 Å². The third-order valence-electron chi connectivity index (χ3n) is 1.94. The second-order valence-electron chi connectivity index (χ2n) is 4.92. The van der Waals surface area contributed by atoms with Crippen molar-refractivity contribution >= 4 is 17.9 Å². The molecule has 18 heavy (non-hydrogen) atoms. The lowest BCUT2D eigenvalue weighted by atomic mass is 10.1. The summed E-state index contributed by atoms with van der Waals surface area (Å²) in [4.78, 5) is 33.4. The lowest BCUT2D eigenvalue weighted by molar-refractivity contribution is -0.139. The Morgan fingerprint density at radius 3 is 2.17 bits per heavy atom. The fourth-order valence-corrected chi connectivity index (χ4v) is 1.17. The minimum atomic E-state index is -1.10. The molecule has 0 aromatic rings. The van der Waals surface area contributed by atoms with Crippen LogP contribution in [0, 0.1) is 0 Å². The average molecular weight is 259 g/mol. The summed E-state index contributed by atoms with van der Waals surface area (Å²) in [7, 11) is 0. The number of rotatable bonds is 5. The molecule has 3 amide bonds. The zero-order valence-electron chi connectivity index (χ0n) is 11.2. The molecule has 0 saturated carbocycles. The second kappa shape index (κ2) is 6.83. The molecule has 4 N–H and O–H groups in total. The Morgan fingerprint density at radius 2 is 1.78 bits per heavy atom. The highest BCUT2D eigenvalue weighted by molar-refractivity contribution is 5.86. The van der Waals surface area contributed by atoms with Gasteiger partial charge in [0.2, 0.25) is 5.91 Å². The smallest absolute Gasteiger partial charge is 0.326 e. The van der Waals surface area contributed by atoms with E-state index in [1.54, 1.807) is 6.92 Å². The topological polar surface area (TPSA) is 108 Å².